The minimum atomic E-state index is 0.0509. The molecule has 0 saturated heterocycles. The molecule has 23 heavy (non-hydrogen) atoms. The second kappa shape index (κ2) is 7.75. The van der Waals surface area contributed by atoms with E-state index in [4.69, 9.17) is 12.2 Å². The summed E-state index contributed by atoms with van der Waals surface area (Å²) in [6, 6.07) is 18.4. The number of hydrogen-bond donors (Lipinski definition) is 1. The second-order valence-electron chi connectivity index (χ2n) is 5.65. The topological polar surface area (TPSA) is 29.1 Å². The van der Waals surface area contributed by atoms with E-state index in [1.54, 1.807) is 0 Å². The van der Waals surface area contributed by atoms with Crippen molar-refractivity contribution < 1.29 is 4.79 Å². The van der Waals surface area contributed by atoms with Crippen LogP contribution in [0.2, 0.25) is 0 Å². The van der Waals surface area contributed by atoms with Gasteiger partial charge in [0.05, 0.1) is 16.0 Å². The summed E-state index contributed by atoms with van der Waals surface area (Å²) >= 11 is 6.82. The number of carbonyl (C=O) groups excluding carboxylic acids is 1. The molecule has 0 saturated carbocycles. The van der Waals surface area contributed by atoms with Crippen molar-refractivity contribution in [1.29, 1.82) is 0 Å². The Morgan fingerprint density at radius 1 is 1.13 bits per heavy atom. The van der Waals surface area contributed by atoms with Crippen LogP contribution in [0, 0.1) is 0 Å². The summed E-state index contributed by atoms with van der Waals surface area (Å²) in [5, 5.41) is 3.16. The van der Waals surface area contributed by atoms with E-state index in [-0.39, 0.29) is 11.9 Å². The molecule has 118 valence electrons. The molecule has 0 radical (unpaired) electrons. The lowest BCUT2D eigenvalue weighted by molar-refractivity contribution is -0.119. The summed E-state index contributed by atoms with van der Waals surface area (Å²) in [6.07, 6.45) is 3.24. The first-order valence-electron chi connectivity index (χ1n) is 7.83. The number of aryl methyl sites for hydroxylation is 1. The number of rotatable bonds is 4. The van der Waals surface area contributed by atoms with E-state index in [0.717, 1.165) is 29.0 Å². The van der Waals surface area contributed by atoms with Crippen molar-refractivity contribution in [3.63, 3.8) is 0 Å². The van der Waals surface area contributed by atoms with Gasteiger partial charge in [0.15, 0.2) is 0 Å². The smallest absolute Gasteiger partial charge is 0.230 e. The largest absolute Gasteiger partial charge is 0.349 e. The van der Waals surface area contributed by atoms with Crippen molar-refractivity contribution >= 4 is 34.1 Å². The Morgan fingerprint density at radius 3 is 2.70 bits per heavy atom. The van der Waals surface area contributed by atoms with Crippen LogP contribution in [0.15, 0.2) is 54.6 Å². The zero-order chi connectivity index (χ0) is 16.1. The van der Waals surface area contributed by atoms with Gasteiger partial charge in [-0.05, 0) is 36.0 Å². The molecule has 1 atom stereocenters. The number of carbonyl (C=O) groups is 1. The fourth-order valence-corrected chi connectivity index (χ4v) is 3.89. The van der Waals surface area contributed by atoms with Gasteiger partial charge >= 0.3 is 0 Å². The standard InChI is InChI=1S/C19H19NOS2/c21-18(13-23-19(22)15-8-2-1-3-9-15)20-17-12-6-10-14-7-4-5-11-16(14)17/h1-5,7-9,11,17H,6,10,12-13H2,(H,20,21). The molecule has 1 amide bonds. The minimum Gasteiger partial charge on any atom is -0.349 e. The van der Waals surface area contributed by atoms with Gasteiger partial charge in [0, 0.05) is 0 Å². The number of nitrogens with one attached hydrogen (secondary N) is 1. The summed E-state index contributed by atoms with van der Waals surface area (Å²) in [6.45, 7) is 0. The van der Waals surface area contributed by atoms with E-state index in [1.807, 2.05) is 36.4 Å². The first kappa shape index (κ1) is 16.2. The van der Waals surface area contributed by atoms with E-state index < -0.39 is 0 Å². The SMILES string of the molecule is O=C(CSC(=S)c1ccccc1)NC1CCCc2ccccc21. The predicted molar refractivity (Wildman–Crippen MR) is 101 cm³/mol. The van der Waals surface area contributed by atoms with Gasteiger partial charge in [0.1, 0.15) is 0 Å². The molecule has 1 unspecified atom stereocenters. The Kier molecular flexibility index (Phi) is 5.47. The number of thioether (sulfide) groups is 1. The van der Waals surface area contributed by atoms with E-state index in [1.165, 1.54) is 22.9 Å². The van der Waals surface area contributed by atoms with Crippen LogP contribution in [0.1, 0.15) is 35.6 Å². The third-order valence-corrected chi connectivity index (χ3v) is 5.54. The molecule has 2 aromatic rings. The summed E-state index contributed by atoms with van der Waals surface area (Å²) in [5.74, 6) is 0.418. The summed E-state index contributed by atoms with van der Waals surface area (Å²) in [7, 11) is 0. The molecular formula is C19H19NOS2. The molecular weight excluding hydrogens is 322 g/mol. The van der Waals surface area contributed by atoms with Crippen LogP contribution >= 0.6 is 24.0 Å². The van der Waals surface area contributed by atoms with Gasteiger partial charge in [-0.1, -0.05) is 66.8 Å². The third kappa shape index (κ3) is 4.21. The van der Waals surface area contributed by atoms with Crippen molar-refractivity contribution in [2.75, 3.05) is 5.75 Å². The van der Waals surface area contributed by atoms with Gasteiger partial charge < -0.3 is 5.32 Å². The zero-order valence-electron chi connectivity index (χ0n) is 12.8. The van der Waals surface area contributed by atoms with Crippen molar-refractivity contribution in [3.8, 4) is 0 Å². The first-order chi connectivity index (χ1) is 11.2. The maximum atomic E-state index is 12.3. The van der Waals surface area contributed by atoms with Gasteiger partial charge in [-0.2, -0.15) is 0 Å². The Bertz CT molecular complexity index is 700. The van der Waals surface area contributed by atoms with Gasteiger partial charge in [0.2, 0.25) is 5.91 Å². The van der Waals surface area contributed by atoms with Gasteiger partial charge in [0.25, 0.3) is 0 Å². The lowest BCUT2D eigenvalue weighted by Crippen LogP contribution is -2.32. The lowest BCUT2D eigenvalue weighted by atomic mass is 9.88. The number of amides is 1. The van der Waals surface area contributed by atoms with Gasteiger partial charge in [-0.3, -0.25) is 4.79 Å². The van der Waals surface area contributed by atoms with Crippen LogP contribution in [0.4, 0.5) is 0 Å². The van der Waals surface area contributed by atoms with E-state index >= 15 is 0 Å². The molecule has 0 spiro atoms. The molecule has 0 heterocycles. The number of thiocarbonyl (C=S) groups is 1. The molecule has 1 N–H and O–H groups in total. The minimum absolute atomic E-state index is 0.0509. The van der Waals surface area contributed by atoms with Crippen molar-refractivity contribution in [3.05, 3.63) is 71.3 Å². The maximum absolute atomic E-state index is 12.3. The normalized spacial score (nSPS) is 16.4. The van der Waals surface area contributed by atoms with E-state index in [9.17, 15) is 4.79 Å². The molecule has 4 heteroatoms. The fourth-order valence-electron chi connectivity index (χ4n) is 2.93. The Balaban J connectivity index is 1.55. The molecule has 1 aliphatic carbocycles. The van der Waals surface area contributed by atoms with E-state index in [0.29, 0.717) is 5.75 Å². The first-order valence-corrected chi connectivity index (χ1v) is 9.23. The average Bonchev–Trinajstić information content (AvgIpc) is 2.61. The van der Waals surface area contributed by atoms with Crippen molar-refractivity contribution in [2.45, 2.75) is 25.3 Å². The highest BCUT2D eigenvalue weighted by atomic mass is 32.2. The Hall–Kier alpha value is -1.65. The Morgan fingerprint density at radius 2 is 1.87 bits per heavy atom. The van der Waals surface area contributed by atoms with Crippen LogP contribution in [-0.4, -0.2) is 15.9 Å². The molecule has 2 aromatic carbocycles. The number of fused-ring (bicyclic) bond motifs is 1. The van der Waals surface area contributed by atoms with Crippen LogP contribution in [0.5, 0.6) is 0 Å². The van der Waals surface area contributed by atoms with E-state index in [2.05, 4.69) is 23.5 Å². The number of benzene rings is 2. The van der Waals surface area contributed by atoms with Crippen LogP contribution < -0.4 is 5.32 Å². The molecule has 0 aliphatic heterocycles. The van der Waals surface area contributed by atoms with Crippen molar-refractivity contribution in [2.24, 2.45) is 0 Å². The van der Waals surface area contributed by atoms with Crippen LogP contribution in [-0.2, 0) is 11.2 Å². The molecule has 2 nitrogen and oxygen atoms in total. The summed E-state index contributed by atoms with van der Waals surface area (Å²) in [5.41, 5.74) is 3.63. The van der Waals surface area contributed by atoms with Gasteiger partial charge in [-0.15, -0.1) is 11.8 Å². The zero-order valence-corrected chi connectivity index (χ0v) is 14.5. The molecule has 1 aliphatic rings. The summed E-state index contributed by atoms with van der Waals surface area (Å²) < 4.78 is 0.768. The third-order valence-electron chi connectivity index (χ3n) is 4.05. The van der Waals surface area contributed by atoms with Gasteiger partial charge in [-0.25, -0.2) is 0 Å². The van der Waals surface area contributed by atoms with Crippen LogP contribution in [0.25, 0.3) is 0 Å². The maximum Gasteiger partial charge on any atom is 0.230 e. The van der Waals surface area contributed by atoms with Crippen LogP contribution in [0.3, 0.4) is 0 Å². The second-order valence-corrected chi connectivity index (χ2v) is 7.31. The highest BCUT2D eigenvalue weighted by molar-refractivity contribution is 8.24. The highest BCUT2D eigenvalue weighted by Crippen LogP contribution is 2.29. The van der Waals surface area contributed by atoms with Crippen molar-refractivity contribution in [1.82, 2.24) is 5.32 Å². The molecule has 3 rings (SSSR count). The number of hydrogen-bond acceptors (Lipinski definition) is 3. The lowest BCUT2D eigenvalue weighted by Gasteiger charge is -2.26. The Labute approximate surface area is 146 Å². The fraction of sp³-hybridized carbons (Fsp3) is 0.263. The monoisotopic (exact) mass is 341 g/mol. The summed E-state index contributed by atoms with van der Waals surface area (Å²) in [4.78, 5) is 12.3. The average molecular weight is 342 g/mol. The molecule has 0 aromatic heterocycles. The predicted octanol–water partition coefficient (Wildman–Crippen LogP) is 4.29. The molecule has 0 bridgehead atoms. The molecule has 0 fully saturated rings. The highest BCUT2D eigenvalue weighted by Gasteiger charge is 2.21. The quantitative estimate of drug-likeness (QED) is 0.841.